The Morgan fingerprint density at radius 3 is 2.07 bits per heavy atom. The maximum Gasteiger partial charge on any atom is 0.243 e. The van der Waals surface area contributed by atoms with Gasteiger partial charge in [-0.05, 0) is 30.5 Å². The van der Waals surface area contributed by atoms with E-state index < -0.39 is 10.0 Å². The average Bonchev–Trinajstić information content (AvgIpc) is 2.74. The van der Waals surface area contributed by atoms with Gasteiger partial charge < -0.3 is 10.6 Å². The SMILES string of the molecule is NC(=O)C1CCN(C(=O)CN(Cc2ccccc2)S(=O)(=O)c2ccccc2)CC1. The van der Waals surface area contributed by atoms with Crippen molar-refractivity contribution in [3.63, 3.8) is 0 Å². The zero-order chi connectivity index (χ0) is 20.9. The van der Waals surface area contributed by atoms with E-state index in [0.29, 0.717) is 25.9 Å². The maximum absolute atomic E-state index is 13.2. The zero-order valence-electron chi connectivity index (χ0n) is 16.1. The monoisotopic (exact) mass is 415 g/mol. The standard InChI is InChI=1S/C21H25N3O4S/c22-21(26)18-11-13-23(14-12-18)20(25)16-24(15-17-7-3-1-4-8-17)29(27,28)19-9-5-2-6-10-19/h1-10,18H,11-16H2,(H2,22,26). The van der Waals surface area contributed by atoms with Crippen molar-refractivity contribution in [3.05, 3.63) is 66.2 Å². The van der Waals surface area contributed by atoms with Crippen LogP contribution in [-0.2, 0) is 26.2 Å². The molecule has 7 nitrogen and oxygen atoms in total. The van der Waals surface area contributed by atoms with Gasteiger partial charge in [-0.2, -0.15) is 4.31 Å². The third-order valence-corrected chi connectivity index (χ3v) is 6.95. The molecule has 0 atom stereocenters. The Balaban J connectivity index is 1.78. The van der Waals surface area contributed by atoms with Crippen molar-refractivity contribution in [1.29, 1.82) is 0 Å². The van der Waals surface area contributed by atoms with E-state index in [0.717, 1.165) is 5.56 Å². The highest BCUT2D eigenvalue weighted by Gasteiger charge is 2.31. The van der Waals surface area contributed by atoms with Gasteiger partial charge in [-0.25, -0.2) is 8.42 Å². The summed E-state index contributed by atoms with van der Waals surface area (Å²) < 4.78 is 27.6. The van der Waals surface area contributed by atoms with E-state index in [1.54, 1.807) is 23.1 Å². The number of likely N-dealkylation sites (tertiary alicyclic amines) is 1. The first kappa shape index (κ1) is 21.0. The van der Waals surface area contributed by atoms with Gasteiger partial charge in [0.1, 0.15) is 0 Å². The summed E-state index contributed by atoms with van der Waals surface area (Å²) in [6.45, 7) is 0.642. The Labute approximate surface area is 171 Å². The second-order valence-electron chi connectivity index (χ2n) is 7.13. The molecule has 29 heavy (non-hydrogen) atoms. The lowest BCUT2D eigenvalue weighted by molar-refractivity contribution is -0.135. The van der Waals surface area contributed by atoms with Gasteiger partial charge in [0.2, 0.25) is 21.8 Å². The van der Waals surface area contributed by atoms with Gasteiger partial charge in [-0.15, -0.1) is 0 Å². The van der Waals surface area contributed by atoms with E-state index >= 15 is 0 Å². The molecule has 2 N–H and O–H groups in total. The predicted octanol–water partition coefficient (Wildman–Crippen LogP) is 1.60. The summed E-state index contributed by atoms with van der Waals surface area (Å²) in [7, 11) is -3.85. The minimum absolute atomic E-state index is 0.0988. The van der Waals surface area contributed by atoms with Crippen molar-refractivity contribution in [3.8, 4) is 0 Å². The molecule has 1 aliphatic heterocycles. The lowest BCUT2D eigenvalue weighted by Crippen LogP contribution is -2.46. The number of primary amides is 1. The first-order chi connectivity index (χ1) is 13.9. The smallest absolute Gasteiger partial charge is 0.243 e. The van der Waals surface area contributed by atoms with Crippen LogP contribution in [0.2, 0.25) is 0 Å². The molecule has 3 rings (SSSR count). The van der Waals surface area contributed by atoms with Crippen LogP contribution in [0.1, 0.15) is 18.4 Å². The molecule has 0 radical (unpaired) electrons. The lowest BCUT2D eigenvalue weighted by atomic mass is 9.96. The summed E-state index contributed by atoms with van der Waals surface area (Å²) in [6.07, 6.45) is 1.01. The molecule has 0 aromatic heterocycles. The molecule has 1 saturated heterocycles. The number of amides is 2. The average molecular weight is 416 g/mol. The van der Waals surface area contributed by atoms with Gasteiger partial charge >= 0.3 is 0 Å². The number of benzene rings is 2. The van der Waals surface area contributed by atoms with Gasteiger partial charge in [0, 0.05) is 25.6 Å². The van der Waals surface area contributed by atoms with Crippen molar-refractivity contribution in [2.75, 3.05) is 19.6 Å². The summed E-state index contributed by atoms with van der Waals surface area (Å²) in [4.78, 5) is 25.9. The molecule has 2 amide bonds. The number of carbonyl (C=O) groups is 2. The van der Waals surface area contributed by atoms with Crippen LogP contribution in [0.5, 0.6) is 0 Å². The molecular weight excluding hydrogens is 390 g/mol. The number of rotatable bonds is 7. The molecule has 2 aromatic rings. The van der Waals surface area contributed by atoms with E-state index in [9.17, 15) is 18.0 Å². The number of hydrogen-bond acceptors (Lipinski definition) is 4. The van der Waals surface area contributed by atoms with Gasteiger partial charge in [0.15, 0.2) is 0 Å². The van der Waals surface area contributed by atoms with Crippen LogP contribution in [0.25, 0.3) is 0 Å². The van der Waals surface area contributed by atoms with Crippen LogP contribution >= 0.6 is 0 Å². The number of piperidine rings is 1. The molecule has 0 aliphatic carbocycles. The van der Waals surface area contributed by atoms with Gasteiger partial charge in [-0.3, -0.25) is 9.59 Å². The van der Waals surface area contributed by atoms with Crippen molar-refractivity contribution < 1.29 is 18.0 Å². The number of nitrogens with zero attached hydrogens (tertiary/aromatic N) is 2. The minimum Gasteiger partial charge on any atom is -0.369 e. The quantitative estimate of drug-likeness (QED) is 0.742. The van der Waals surface area contributed by atoms with Crippen LogP contribution < -0.4 is 5.73 Å². The van der Waals surface area contributed by atoms with Gasteiger partial charge in [0.05, 0.1) is 11.4 Å². The van der Waals surface area contributed by atoms with E-state index in [1.807, 2.05) is 30.3 Å². The number of carbonyl (C=O) groups excluding carboxylic acids is 2. The molecular formula is C21H25N3O4S. The Morgan fingerprint density at radius 1 is 0.966 bits per heavy atom. The summed E-state index contributed by atoms with van der Waals surface area (Å²) in [5, 5.41) is 0. The van der Waals surface area contributed by atoms with E-state index in [-0.39, 0.29) is 35.7 Å². The highest BCUT2D eigenvalue weighted by Crippen LogP contribution is 2.21. The fraction of sp³-hybridized carbons (Fsp3) is 0.333. The van der Waals surface area contributed by atoms with E-state index in [4.69, 9.17) is 5.73 Å². The lowest BCUT2D eigenvalue weighted by Gasteiger charge is -2.32. The van der Waals surface area contributed by atoms with E-state index in [2.05, 4.69) is 0 Å². The Kier molecular flexibility index (Phi) is 6.66. The highest BCUT2D eigenvalue weighted by atomic mass is 32.2. The van der Waals surface area contributed by atoms with Crippen molar-refractivity contribution in [1.82, 2.24) is 9.21 Å². The molecule has 1 aliphatic rings. The topological polar surface area (TPSA) is 101 Å². The third-order valence-electron chi connectivity index (χ3n) is 5.14. The van der Waals surface area contributed by atoms with Gasteiger partial charge in [0.25, 0.3) is 0 Å². The van der Waals surface area contributed by atoms with Gasteiger partial charge in [-0.1, -0.05) is 48.5 Å². The predicted molar refractivity (Wildman–Crippen MR) is 109 cm³/mol. The first-order valence-corrected chi connectivity index (χ1v) is 11.0. The van der Waals surface area contributed by atoms with Crippen LogP contribution in [-0.4, -0.2) is 49.1 Å². The van der Waals surface area contributed by atoms with Crippen molar-refractivity contribution in [2.45, 2.75) is 24.3 Å². The Bertz CT molecular complexity index is 940. The summed E-state index contributed by atoms with van der Waals surface area (Å²) >= 11 is 0. The van der Waals surface area contributed by atoms with Crippen LogP contribution in [0.15, 0.2) is 65.6 Å². The molecule has 0 bridgehead atoms. The first-order valence-electron chi connectivity index (χ1n) is 9.54. The Hall–Kier alpha value is -2.71. The molecule has 0 saturated carbocycles. The maximum atomic E-state index is 13.2. The minimum atomic E-state index is -3.85. The zero-order valence-corrected chi connectivity index (χ0v) is 16.9. The molecule has 1 fully saturated rings. The van der Waals surface area contributed by atoms with Crippen molar-refractivity contribution in [2.24, 2.45) is 11.7 Å². The fourth-order valence-electron chi connectivity index (χ4n) is 3.42. The highest BCUT2D eigenvalue weighted by molar-refractivity contribution is 7.89. The number of sulfonamides is 1. The fourth-order valence-corrected chi connectivity index (χ4v) is 4.82. The second-order valence-corrected chi connectivity index (χ2v) is 9.07. The number of hydrogen-bond donors (Lipinski definition) is 1. The molecule has 8 heteroatoms. The molecule has 1 heterocycles. The van der Waals surface area contributed by atoms with Crippen LogP contribution in [0.3, 0.4) is 0 Å². The molecule has 154 valence electrons. The van der Waals surface area contributed by atoms with Crippen LogP contribution in [0.4, 0.5) is 0 Å². The second kappa shape index (κ2) is 9.19. The van der Waals surface area contributed by atoms with Crippen molar-refractivity contribution >= 4 is 21.8 Å². The summed E-state index contributed by atoms with van der Waals surface area (Å²) in [5.74, 6) is -0.856. The molecule has 0 spiro atoms. The molecule has 0 unspecified atom stereocenters. The Morgan fingerprint density at radius 2 is 1.52 bits per heavy atom. The summed E-state index contributed by atoms with van der Waals surface area (Å²) in [5.41, 5.74) is 6.15. The third kappa shape index (κ3) is 5.21. The van der Waals surface area contributed by atoms with E-state index in [1.165, 1.54) is 16.4 Å². The largest absolute Gasteiger partial charge is 0.369 e. The normalized spacial score (nSPS) is 15.4. The van der Waals surface area contributed by atoms with Crippen LogP contribution in [0, 0.1) is 5.92 Å². The molecule has 2 aromatic carbocycles. The summed E-state index contributed by atoms with van der Waals surface area (Å²) in [6, 6.07) is 17.3. The number of nitrogens with two attached hydrogens (primary N) is 1.